The zero-order chi connectivity index (χ0) is 15.4. The Bertz CT molecular complexity index is 665. The van der Waals surface area contributed by atoms with E-state index in [9.17, 15) is 4.79 Å². The summed E-state index contributed by atoms with van der Waals surface area (Å²) in [7, 11) is 3.13. The van der Waals surface area contributed by atoms with Gasteiger partial charge in [-0.05, 0) is 46.1 Å². The lowest BCUT2D eigenvalue weighted by molar-refractivity contribution is 0.0991. The molecule has 21 heavy (non-hydrogen) atoms. The van der Waals surface area contributed by atoms with Crippen molar-refractivity contribution in [1.29, 1.82) is 0 Å². The maximum atomic E-state index is 12.5. The second kappa shape index (κ2) is 6.76. The fourth-order valence-electron chi connectivity index (χ4n) is 2.14. The summed E-state index contributed by atoms with van der Waals surface area (Å²) in [5.41, 5.74) is 2.74. The minimum atomic E-state index is 0.0390. The lowest BCUT2D eigenvalue weighted by Gasteiger charge is -2.12. The Morgan fingerprint density at radius 3 is 2.33 bits per heavy atom. The number of halogens is 1. The van der Waals surface area contributed by atoms with Crippen LogP contribution in [0.4, 0.5) is 0 Å². The monoisotopic (exact) mass is 348 g/mol. The van der Waals surface area contributed by atoms with Crippen LogP contribution in [0.3, 0.4) is 0 Å². The number of hydrogen-bond donors (Lipinski definition) is 0. The van der Waals surface area contributed by atoms with Crippen molar-refractivity contribution in [3.05, 3.63) is 57.6 Å². The van der Waals surface area contributed by atoms with E-state index in [2.05, 4.69) is 15.9 Å². The van der Waals surface area contributed by atoms with Crippen LogP contribution in [0.15, 0.2) is 40.9 Å². The average molecular weight is 349 g/mol. The summed E-state index contributed by atoms with van der Waals surface area (Å²) in [6.07, 6.45) is 0.362. The van der Waals surface area contributed by atoms with E-state index in [4.69, 9.17) is 9.47 Å². The first-order chi connectivity index (χ1) is 10.1. The molecule has 0 aliphatic carbocycles. The molecule has 0 unspecified atom stereocenters. The molecule has 0 N–H and O–H groups in total. The van der Waals surface area contributed by atoms with Gasteiger partial charge in [0, 0.05) is 16.5 Å². The molecule has 0 bridgehead atoms. The number of ketones is 1. The lowest BCUT2D eigenvalue weighted by atomic mass is 9.99. The van der Waals surface area contributed by atoms with Gasteiger partial charge in [0.25, 0.3) is 0 Å². The molecule has 0 fully saturated rings. The van der Waals surface area contributed by atoms with Crippen molar-refractivity contribution in [2.75, 3.05) is 14.2 Å². The molecule has 0 heterocycles. The Balaban J connectivity index is 2.33. The fraction of sp³-hybridized carbons (Fsp3) is 0.235. The molecular formula is C17H17BrO3. The maximum absolute atomic E-state index is 12.5. The van der Waals surface area contributed by atoms with Gasteiger partial charge in [-0.15, -0.1) is 0 Å². The first-order valence-corrected chi connectivity index (χ1v) is 7.35. The van der Waals surface area contributed by atoms with Crippen molar-refractivity contribution in [1.82, 2.24) is 0 Å². The molecule has 3 nitrogen and oxygen atoms in total. The number of methoxy groups -OCH3 is 2. The van der Waals surface area contributed by atoms with Crippen LogP contribution < -0.4 is 9.47 Å². The van der Waals surface area contributed by atoms with Gasteiger partial charge >= 0.3 is 0 Å². The van der Waals surface area contributed by atoms with Crippen LogP contribution in [0.5, 0.6) is 11.5 Å². The summed E-state index contributed by atoms with van der Waals surface area (Å²) in [6.45, 7) is 2.01. The summed E-state index contributed by atoms with van der Waals surface area (Å²) in [6, 6.07) is 11.4. The first-order valence-electron chi connectivity index (χ1n) is 6.56. The standard InChI is InChI=1S/C17H17BrO3/c1-11-6-4-5-7-12(11)8-15(19)13-9-16(20-2)17(21-3)10-14(13)18/h4-7,9-10H,8H2,1-3H3. The zero-order valence-electron chi connectivity index (χ0n) is 12.3. The number of Topliss-reactive ketones (excluding diaryl/α,β-unsaturated/α-hetero) is 1. The molecule has 0 aliphatic heterocycles. The minimum Gasteiger partial charge on any atom is -0.493 e. The van der Waals surface area contributed by atoms with Gasteiger partial charge in [-0.25, -0.2) is 0 Å². The Morgan fingerprint density at radius 2 is 1.71 bits per heavy atom. The van der Waals surface area contributed by atoms with Crippen molar-refractivity contribution in [3.8, 4) is 11.5 Å². The third kappa shape index (κ3) is 3.45. The first kappa shape index (κ1) is 15.6. The molecular weight excluding hydrogens is 332 g/mol. The predicted octanol–water partition coefficient (Wildman–Crippen LogP) is 4.20. The average Bonchev–Trinajstić information content (AvgIpc) is 2.49. The van der Waals surface area contributed by atoms with Gasteiger partial charge in [-0.1, -0.05) is 24.3 Å². The topological polar surface area (TPSA) is 35.5 Å². The Labute approximate surface area is 133 Å². The Kier molecular flexibility index (Phi) is 5.02. The quantitative estimate of drug-likeness (QED) is 0.759. The SMILES string of the molecule is COc1cc(Br)c(C(=O)Cc2ccccc2C)cc1OC. The normalized spacial score (nSPS) is 10.3. The van der Waals surface area contributed by atoms with Crippen LogP contribution in [0.25, 0.3) is 0 Å². The number of carbonyl (C=O) groups is 1. The maximum Gasteiger partial charge on any atom is 0.168 e. The second-order valence-electron chi connectivity index (χ2n) is 4.71. The number of aryl methyl sites for hydroxylation is 1. The molecule has 0 aliphatic rings. The summed E-state index contributed by atoms with van der Waals surface area (Å²) < 4.78 is 11.2. The van der Waals surface area contributed by atoms with Crippen LogP contribution in [-0.4, -0.2) is 20.0 Å². The Morgan fingerprint density at radius 1 is 1.10 bits per heavy atom. The van der Waals surface area contributed by atoms with E-state index in [0.717, 1.165) is 11.1 Å². The van der Waals surface area contributed by atoms with Crippen molar-refractivity contribution < 1.29 is 14.3 Å². The van der Waals surface area contributed by atoms with E-state index < -0.39 is 0 Å². The van der Waals surface area contributed by atoms with E-state index in [0.29, 0.717) is 28.0 Å². The number of hydrogen-bond acceptors (Lipinski definition) is 3. The molecule has 0 atom stereocenters. The number of rotatable bonds is 5. The van der Waals surface area contributed by atoms with Crippen molar-refractivity contribution in [2.45, 2.75) is 13.3 Å². The number of benzene rings is 2. The predicted molar refractivity (Wildman–Crippen MR) is 86.5 cm³/mol. The summed E-state index contributed by atoms with van der Waals surface area (Å²) in [4.78, 5) is 12.5. The highest BCUT2D eigenvalue weighted by atomic mass is 79.9. The molecule has 0 saturated heterocycles. The van der Waals surface area contributed by atoms with E-state index in [1.165, 1.54) is 0 Å². The summed E-state index contributed by atoms with van der Waals surface area (Å²) >= 11 is 3.43. The molecule has 0 amide bonds. The highest BCUT2D eigenvalue weighted by molar-refractivity contribution is 9.10. The van der Waals surface area contributed by atoms with Gasteiger partial charge in [-0.3, -0.25) is 4.79 Å². The van der Waals surface area contributed by atoms with Crippen LogP contribution in [0.1, 0.15) is 21.5 Å². The van der Waals surface area contributed by atoms with E-state index >= 15 is 0 Å². The van der Waals surface area contributed by atoms with Gasteiger partial charge in [-0.2, -0.15) is 0 Å². The molecule has 0 aromatic heterocycles. The van der Waals surface area contributed by atoms with Gasteiger partial charge < -0.3 is 9.47 Å². The van der Waals surface area contributed by atoms with Gasteiger partial charge in [0.1, 0.15) is 0 Å². The largest absolute Gasteiger partial charge is 0.493 e. The van der Waals surface area contributed by atoms with Gasteiger partial charge in [0.15, 0.2) is 17.3 Å². The fourth-order valence-corrected chi connectivity index (χ4v) is 2.69. The second-order valence-corrected chi connectivity index (χ2v) is 5.57. The number of carbonyl (C=O) groups excluding carboxylic acids is 1. The molecule has 110 valence electrons. The third-order valence-corrected chi connectivity index (χ3v) is 4.04. The molecule has 2 aromatic rings. The van der Waals surface area contributed by atoms with E-state index in [-0.39, 0.29) is 5.78 Å². The van der Waals surface area contributed by atoms with Crippen LogP contribution in [-0.2, 0) is 6.42 Å². The number of ether oxygens (including phenoxy) is 2. The Hall–Kier alpha value is -1.81. The van der Waals surface area contributed by atoms with Gasteiger partial charge in [0.05, 0.1) is 14.2 Å². The molecule has 2 aromatic carbocycles. The van der Waals surface area contributed by atoms with Crippen molar-refractivity contribution in [2.24, 2.45) is 0 Å². The lowest BCUT2D eigenvalue weighted by Crippen LogP contribution is -2.06. The van der Waals surface area contributed by atoms with E-state index in [1.54, 1.807) is 26.4 Å². The van der Waals surface area contributed by atoms with Crippen molar-refractivity contribution in [3.63, 3.8) is 0 Å². The van der Waals surface area contributed by atoms with Crippen LogP contribution in [0.2, 0.25) is 0 Å². The smallest absolute Gasteiger partial charge is 0.168 e. The molecule has 0 spiro atoms. The van der Waals surface area contributed by atoms with Crippen LogP contribution >= 0.6 is 15.9 Å². The summed E-state index contributed by atoms with van der Waals surface area (Å²) in [5.74, 6) is 1.18. The van der Waals surface area contributed by atoms with Crippen LogP contribution in [0, 0.1) is 6.92 Å². The van der Waals surface area contributed by atoms with E-state index in [1.807, 2.05) is 31.2 Å². The third-order valence-electron chi connectivity index (χ3n) is 3.39. The summed E-state index contributed by atoms with van der Waals surface area (Å²) in [5, 5.41) is 0. The van der Waals surface area contributed by atoms with Gasteiger partial charge in [0.2, 0.25) is 0 Å². The minimum absolute atomic E-state index is 0.0390. The highest BCUT2D eigenvalue weighted by Crippen LogP contribution is 2.33. The highest BCUT2D eigenvalue weighted by Gasteiger charge is 2.16. The molecule has 0 radical (unpaired) electrons. The van der Waals surface area contributed by atoms with Crippen molar-refractivity contribution >= 4 is 21.7 Å². The molecule has 0 saturated carbocycles. The zero-order valence-corrected chi connectivity index (χ0v) is 13.9. The molecule has 4 heteroatoms. The molecule has 2 rings (SSSR count).